The summed E-state index contributed by atoms with van der Waals surface area (Å²) in [5, 5.41) is 3.21. The number of halogens is 1. The number of nitrogens with zero attached hydrogens (tertiary/aromatic N) is 1. The van der Waals surface area contributed by atoms with Gasteiger partial charge in [0, 0.05) is 11.6 Å². The molecule has 0 bridgehead atoms. The molecule has 1 amide bonds. The second-order valence-corrected chi connectivity index (χ2v) is 8.58. The molecule has 1 saturated heterocycles. The summed E-state index contributed by atoms with van der Waals surface area (Å²) in [6, 6.07) is 10.2. The highest BCUT2D eigenvalue weighted by atomic mass is 35.5. The third-order valence-corrected chi connectivity index (χ3v) is 6.78. The van der Waals surface area contributed by atoms with E-state index in [-0.39, 0.29) is 11.4 Å². The lowest BCUT2D eigenvalue weighted by atomic mass is 10.2. The van der Waals surface area contributed by atoms with Gasteiger partial charge in [0.2, 0.25) is 15.9 Å². The number of benzene rings is 2. The third-order valence-electron chi connectivity index (χ3n) is 4.60. The van der Waals surface area contributed by atoms with Gasteiger partial charge in [-0.2, -0.15) is 4.31 Å². The van der Waals surface area contributed by atoms with Crippen LogP contribution in [0, 0.1) is 0 Å². The fraction of sp³-hybridized carbons (Fsp3) is 0.316. The van der Waals surface area contributed by atoms with E-state index >= 15 is 0 Å². The van der Waals surface area contributed by atoms with Crippen molar-refractivity contribution in [3.8, 4) is 11.5 Å². The number of nitrogens with one attached hydrogen (secondary N) is 1. The van der Waals surface area contributed by atoms with Crippen molar-refractivity contribution in [2.75, 3.05) is 26.1 Å². The smallest absolute Gasteiger partial charge is 0.243 e. The summed E-state index contributed by atoms with van der Waals surface area (Å²) in [5.74, 6) is 0.424. The quantitative estimate of drug-likeness (QED) is 0.769. The van der Waals surface area contributed by atoms with Crippen molar-refractivity contribution in [2.24, 2.45) is 0 Å². The number of ether oxygens (including phenoxy) is 2. The number of hydrogen-bond acceptors (Lipinski definition) is 5. The van der Waals surface area contributed by atoms with Crippen molar-refractivity contribution < 1.29 is 22.7 Å². The average Bonchev–Trinajstić information content (AvgIpc) is 3.19. The van der Waals surface area contributed by atoms with Crippen LogP contribution in [0.4, 0.5) is 5.69 Å². The first-order chi connectivity index (χ1) is 13.4. The number of anilines is 1. The van der Waals surface area contributed by atoms with E-state index < -0.39 is 22.0 Å². The molecule has 2 aromatic carbocycles. The second-order valence-electron chi connectivity index (χ2n) is 6.25. The first-order valence-corrected chi connectivity index (χ1v) is 10.5. The van der Waals surface area contributed by atoms with Crippen molar-refractivity contribution in [3.05, 3.63) is 47.5 Å². The van der Waals surface area contributed by atoms with Gasteiger partial charge < -0.3 is 14.8 Å². The lowest BCUT2D eigenvalue weighted by Crippen LogP contribution is -2.43. The molecule has 0 aliphatic carbocycles. The van der Waals surface area contributed by atoms with Crippen molar-refractivity contribution in [3.63, 3.8) is 0 Å². The zero-order valence-electron chi connectivity index (χ0n) is 15.5. The average molecular weight is 425 g/mol. The molecule has 2 aromatic rings. The van der Waals surface area contributed by atoms with E-state index in [9.17, 15) is 13.2 Å². The van der Waals surface area contributed by atoms with Crippen LogP contribution in [0.1, 0.15) is 12.8 Å². The van der Waals surface area contributed by atoms with Gasteiger partial charge in [-0.05, 0) is 49.2 Å². The number of amides is 1. The van der Waals surface area contributed by atoms with Crippen molar-refractivity contribution >= 4 is 33.2 Å². The molecule has 0 spiro atoms. The molecule has 3 rings (SSSR count). The molecule has 0 radical (unpaired) electrons. The Morgan fingerprint density at radius 3 is 2.29 bits per heavy atom. The molecule has 1 atom stereocenters. The number of para-hydroxylation sites is 1. The molecule has 1 fully saturated rings. The summed E-state index contributed by atoms with van der Waals surface area (Å²) >= 11 is 5.85. The lowest BCUT2D eigenvalue weighted by molar-refractivity contribution is -0.119. The number of methoxy groups -OCH3 is 2. The van der Waals surface area contributed by atoms with Gasteiger partial charge in [0.1, 0.15) is 23.2 Å². The standard InChI is InChI=1S/C19H21ClN2O5S/c1-26-16-6-3-7-17(27-2)18(16)21-19(23)15-5-4-12-22(15)28(24,25)14-10-8-13(20)9-11-14/h3,6-11,15H,4-5,12H2,1-2H3,(H,21,23)/t15-/m0/s1. The highest BCUT2D eigenvalue weighted by Gasteiger charge is 2.39. The minimum atomic E-state index is -3.82. The largest absolute Gasteiger partial charge is 0.494 e. The molecule has 9 heteroatoms. The van der Waals surface area contributed by atoms with Gasteiger partial charge in [0.15, 0.2) is 0 Å². The molecule has 1 heterocycles. The van der Waals surface area contributed by atoms with Crippen molar-refractivity contribution in [1.29, 1.82) is 0 Å². The maximum atomic E-state index is 13.0. The van der Waals surface area contributed by atoms with Crippen LogP contribution >= 0.6 is 11.6 Å². The van der Waals surface area contributed by atoms with E-state index in [2.05, 4.69) is 5.32 Å². The molecule has 0 aromatic heterocycles. The Hall–Kier alpha value is -2.29. The molecule has 1 aliphatic heterocycles. The number of carbonyl (C=O) groups excluding carboxylic acids is 1. The van der Waals surface area contributed by atoms with E-state index in [4.69, 9.17) is 21.1 Å². The predicted octanol–water partition coefficient (Wildman–Crippen LogP) is 3.15. The summed E-state index contributed by atoms with van der Waals surface area (Å²) in [6.45, 7) is 0.270. The van der Waals surface area contributed by atoms with Gasteiger partial charge in [-0.3, -0.25) is 4.79 Å². The van der Waals surface area contributed by atoms with Gasteiger partial charge in [0.05, 0.1) is 19.1 Å². The zero-order valence-corrected chi connectivity index (χ0v) is 17.1. The maximum absolute atomic E-state index is 13.0. The van der Waals surface area contributed by atoms with Crippen LogP contribution in [0.2, 0.25) is 5.02 Å². The van der Waals surface area contributed by atoms with Crippen molar-refractivity contribution in [2.45, 2.75) is 23.8 Å². The predicted molar refractivity (Wildman–Crippen MR) is 107 cm³/mol. The number of hydrogen-bond donors (Lipinski definition) is 1. The molecule has 1 N–H and O–H groups in total. The van der Waals surface area contributed by atoms with Crippen LogP contribution in [0.25, 0.3) is 0 Å². The molecule has 0 unspecified atom stereocenters. The van der Waals surface area contributed by atoms with Crippen LogP contribution in [0.3, 0.4) is 0 Å². The Morgan fingerprint density at radius 1 is 1.11 bits per heavy atom. The molecule has 0 saturated carbocycles. The third kappa shape index (κ3) is 3.94. The Labute approximate surface area is 169 Å². The molecular formula is C19H21ClN2O5S. The Kier molecular flexibility index (Phi) is 6.12. The minimum absolute atomic E-state index is 0.103. The molecule has 28 heavy (non-hydrogen) atoms. The highest BCUT2D eigenvalue weighted by molar-refractivity contribution is 7.89. The number of rotatable bonds is 6. The Bertz CT molecular complexity index is 941. The summed E-state index contributed by atoms with van der Waals surface area (Å²) in [4.78, 5) is 13.0. The van der Waals surface area contributed by atoms with Gasteiger partial charge >= 0.3 is 0 Å². The summed E-state index contributed by atoms with van der Waals surface area (Å²) in [5.41, 5.74) is 0.369. The van der Waals surface area contributed by atoms with Gasteiger partial charge in [0.25, 0.3) is 0 Å². The van der Waals surface area contributed by atoms with E-state index in [1.54, 1.807) is 18.2 Å². The molecular weight excluding hydrogens is 404 g/mol. The first kappa shape index (κ1) is 20.4. The molecule has 7 nitrogen and oxygen atoms in total. The van der Waals surface area contributed by atoms with Crippen LogP contribution in [-0.2, 0) is 14.8 Å². The van der Waals surface area contributed by atoms with E-state index in [0.29, 0.717) is 35.1 Å². The monoisotopic (exact) mass is 424 g/mol. The van der Waals surface area contributed by atoms with Crippen LogP contribution in [0.15, 0.2) is 47.4 Å². The summed E-state index contributed by atoms with van der Waals surface area (Å²) in [6.07, 6.45) is 1.02. The van der Waals surface area contributed by atoms with Gasteiger partial charge in [-0.15, -0.1) is 0 Å². The highest BCUT2D eigenvalue weighted by Crippen LogP contribution is 2.35. The molecule has 1 aliphatic rings. The normalized spacial score (nSPS) is 17.3. The lowest BCUT2D eigenvalue weighted by Gasteiger charge is -2.24. The maximum Gasteiger partial charge on any atom is 0.243 e. The van der Waals surface area contributed by atoms with Gasteiger partial charge in [-0.1, -0.05) is 17.7 Å². The SMILES string of the molecule is COc1cccc(OC)c1NC(=O)[C@@H]1CCCN1S(=O)(=O)c1ccc(Cl)cc1. The topological polar surface area (TPSA) is 84.9 Å². The number of sulfonamides is 1. The zero-order chi connectivity index (χ0) is 20.3. The van der Waals surface area contributed by atoms with Crippen molar-refractivity contribution in [1.82, 2.24) is 4.31 Å². The van der Waals surface area contributed by atoms with E-state index in [1.807, 2.05) is 0 Å². The summed E-state index contributed by atoms with van der Waals surface area (Å²) in [7, 11) is -0.855. The van der Waals surface area contributed by atoms with Crippen LogP contribution in [0.5, 0.6) is 11.5 Å². The Balaban J connectivity index is 1.87. The first-order valence-electron chi connectivity index (χ1n) is 8.67. The fourth-order valence-electron chi connectivity index (χ4n) is 3.21. The second kappa shape index (κ2) is 8.38. The van der Waals surface area contributed by atoms with E-state index in [0.717, 1.165) is 0 Å². The van der Waals surface area contributed by atoms with E-state index in [1.165, 1.54) is 42.8 Å². The van der Waals surface area contributed by atoms with Crippen LogP contribution in [-0.4, -0.2) is 45.4 Å². The molecule has 150 valence electrons. The minimum Gasteiger partial charge on any atom is -0.494 e. The fourth-order valence-corrected chi connectivity index (χ4v) is 5.00. The Morgan fingerprint density at radius 2 is 1.71 bits per heavy atom. The summed E-state index contributed by atoms with van der Waals surface area (Å²) < 4.78 is 37.8. The van der Waals surface area contributed by atoms with Crippen LogP contribution < -0.4 is 14.8 Å². The number of carbonyl (C=O) groups is 1. The van der Waals surface area contributed by atoms with Gasteiger partial charge in [-0.25, -0.2) is 8.42 Å².